The molecule has 0 unspecified atom stereocenters. The van der Waals surface area contributed by atoms with Gasteiger partial charge in [-0.2, -0.15) is 0 Å². The molecule has 0 spiro atoms. The maximum Gasteiger partial charge on any atom is 0.142 e. The fourth-order valence-electron chi connectivity index (χ4n) is 1.29. The predicted molar refractivity (Wildman–Crippen MR) is 68.7 cm³/mol. The van der Waals surface area contributed by atoms with E-state index in [2.05, 4.69) is 16.5 Å². The van der Waals surface area contributed by atoms with E-state index in [4.69, 9.17) is 5.73 Å². The van der Waals surface area contributed by atoms with Crippen LogP contribution in [0.15, 0.2) is 42.3 Å². The van der Waals surface area contributed by atoms with Gasteiger partial charge in [0.15, 0.2) is 0 Å². The van der Waals surface area contributed by atoms with Crippen molar-refractivity contribution in [2.45, 2.75) is 20.8 Å². The summed E-state index contributed by atoms with van der Waals surface area (Å²) in [6, 6.07) is 0. The largest absolute Gasteiger partial charge is 0.382 e. The first-order valence-electron chi connectivity index (χ1n) is 5.09. The van der Waals surface area contributed by atoms with Crippen LogP contribution in [0.5, 0.6) is 0 Å². The SMILES string of the molecule is C=C(C)/C=C(\C=C(C)C)c1cncc(N)n1. The molecule has 0 saturated carbocycles. The number of aromatic nitrogens is 2. The highest BCUT2D eigenvalue weighted by Gasteiger charge is 2.01. The average molecular weight is 215 g/mol. The summed E-state index contributed by atoms with van der Waals surface area (Å²) in [6.07, 6.45) is 7.24. The lowest BCUT2D eigenvalue weighted by atomic mass is 10.1. The van der Waals surface area contributed by atoms with Crippen molar-refractivity contribution in [3.05, 3.63) is 48.0 Å². The Kier molecular flexibility index (Phi) is 4.00. The van der Waals surface area contributed by atoms with E-state index in [-0.39, 0.29) is 0 Å². The van der Waals surface area contributed by atoms with Crippen LogP contribution in [0.25, 0.3) is 5.57 Å². The van der Waals surface area contributed by atoms with Crippen LogP contribution in [-0.2, 0) is 0 Å². The maximum atomic E-state index is 5.61. The lowest BCUT2D eigenvalue weighted by Gasteiger charge is -2.03. The van der Waals surface area contributed by atoms with Gasteiger partial charge in [0.25, 0.3) is 0 Å². The smallest absolute Gasteiger partial charge is 0.142 e. The Morgan fingerprint density at radius 3 is 2.44 bits per heavy atom. The Balaban J connectivity index is 3.22. The molecule has 1 heterocycles. The van der Waals surface area contributed by atoms with Crippen LogP contribution in [0.4, 0.5) is 5.82 Å². The highest BCUT2D eigenvalue weighted by molar-refractivity contribution is 5.74. The molecule has 84 valence electrons. The molecule has 1 aromatic heterocycles. The molecule has 0 amide bonds. The van der Waals surface area contributed by atoms with Gasteiger partial charge in [-0.25, -0.2) is 4.98 Å². The second kappa shape index (κ2) is 5.26. The summed E-state index contributed by atoms with van der Waals surface area (Å²) in [6.45, 7) is 9.88. The third-order valence-electron chi connectivity index (χ3n) is 1.80. The molecule has 16 heavy (non-hydrogen) atoms. The van der Waals surface area contributed by atoms with Crippen LogP contribution in [0.2, 0.25) is 0 Å². The first-order chi connectivity index (χ1) is 7.49. The lowest BCUT2D eigenvalue weighted by Crippen LogP contribution is -1.96. The van der Waals surface area contributed by atoms with Gasteiger partial charge in [0, 0.05) is 5.57 Å². The quantitative estimate of drug-likeness (QED) is 0.788. The van der Waals surface area contributed by atoms with E-state index in [1.165, 1.54) is 11.8 Å². The van der Waals surface area contributed by atoms with E-state index in [0.29, 0.717) is 5.82 Å². The van der Waals surface area contributed by atoms with E-state index >= 15 is 0 Å². The van der Waals surface area contributed by atoms with Crippen LogP contribution >= 0.6 is 0 Å². The van der Waals surface area contributed by atoms with Gasteiger partial charge in [-0.05, 0) is 20.8 Å². The number of nitrogen functional groups attached to an aromatic ring is 1. The van der Waals surface area contributed by atoms with E-state index in [1.807, 2.05) is 32.9 Å². The molecule has 2 N–H and O–H groups in total. The lowest BCUT2D eigenvalue weighted by molar-refractivity contribution is 1.18. The zero-order chi connectivity index (χ0) is 12.1. The Hall–Kier alpha value is -1.90. The summed E-state index contributed by atoms with van der Waals surface area (Å²) in [5.41, 5.74) is 9.52. The molecule has 1 aromatic rings. The number of hydrogen-bond acceptors (Lipinski definition) is 3. The number of nitrogens with two attached hydrogens (primary N) is 1. The Bertz CT molecular complexity index is 452. The monoisotopic (exact) mass is 215 g/mol. The minimum atomic E-state index is 0.423. The number of rotatable bonds is 3. The first-order valence-corrected chi connectivity index (χ1v) is 5.09. The second-order valence-corrected chi connectivity index (χ2v) is 4.00. The maximum absolute atomic E-state index is 5.61. The Morgan fingerprint density at radius 1 is 1.25 bits per heavy atom. The molecule has 0 fully saturated rings. The number of anilines is 1. The molecule has 0 atom stereocenters. The Labute approximate surface area is 96.4 Å². The summed E-state index contributed by atoms with van der Waals surface area (Å²) >= 11 is 0. The third kappa shape index (κ3) is 3.69. The standard InChI is InChI=1S/C13H17N3/c1-9(2)5-11(6-10(3)4)12-7-15-8-13(14)16-12/h5-8H,1H2,2-4H3,(H2,14,16)/b11-5+. The molecule has 1 rings (SSSR count). The zero-order valence-electron chi connectivity index (χ0n) is 9.99. The van der Waals surface area contributed by atoms with Crippen molar-refractivity contribution in [2.75, 3.05) is 5.73 Å². The van der Waals surface area contributed by atoms with Gasteiger partial charge in [0.05, 0.1) is 18.1 Å². The van der Waals surface area contributed by atoms with Crippen LogP contribution in [0.1, 0.15) is 26.5 Å². The van der Waals surface area contributed by atoms with Crippen molar-refractivity contribution in [1.82, 2.24) is 9.97 Å². The van der Waals surface area contributed by atoms with Gasteiger partial charge in [0.1, 0.15) is 5.82 Å². The fourth-order valence-corrected chi connectivity index (χ4v) is 1.29. The average Bonchev–Trinajstić information content (AvgIpc) is 2.15. The zero-order valence-corrected chi connectivity index (χ0v) is 9.99. The molecule has 3 heteroatoms. The van der Waals surface area contributed by atoms with E-state index in [0.717, 1.165) is 16.8 Å². The number of allylic oxidation sites excluding steroid dienone is 5. The summed E-state index contributed by atoms with van der Waals surface area (Å²) < 4.78 is 0. The normalized spacial score (nSPS) is 11.1. The molecular weight excluding hydrogens is 198 g/mol. The van der Waals surface area contributed by atoms with Gasteiger partial charge in [-0.1, -0.05) is 29.9 Å². The van der Waals surface area contributed by atoms with E-state index in [1.54, 1.807) is 6.20 Å². The van der Waals surface area contributed by atoms with E-state index in [9.17, 15) is 0 Å². The highest BCUT2D eigenvalue weighted by Crippen LogP contribution is 2.17. The number of nitrogens with zero attached hydrogens (tertiary/aromatic N) is 2. The minimum Gasteiger partial charge on any atom is -0.382 e. The molecular formula is C13H17N3. The summed E-state index contributed by atoms with van der Waals surface area (Å²) in [5, 5.41) is 0. The van der Waals surface area contributed by atoms with Crippen LogP contribution in [0.3, 0.4) is 0 Å². The fraction of sp³-hybridized carbons (Fsp3) is 0.231. The summed E-state index contributed by atoms with van der Waals surface area (Å²) in [5.74, 6) is 0.423. The molecule has 0 aliphatic heterocycles. The Morgan fingerprint density at radius 2 is 1.94 bits per heavy atom. The van der Waals surface area contributed by atoms with Gasteiger partial charge in [-0.3, -0.25) is 4.98 Å². The number of hydrogen-bond donors (Lipinski definition) is 1. The highest BCUT2D eigenvalue weighted by atomic mass is 14.9. The molecule has 0 radical (unpaired) electrons. The topological polar surface area (TPSA) is 51.8 Å². The molecule has 0 saturated heterocycles. The molecule has 0 aliphatic rings. The molecule has 3 nitrogen and oxygen atoms in total. The van der Waals surface area contributed by atoms with Crippen LogP contribution < -0.4 is 5.73 Å². The molecule has 0 aliphatic carbocycles. The summed E-state index contributed by atoms with van der Waals surface area (Å²) in [4.78, 5) is 8.27. The summed E-state index contributed by atoms with van der Waals surface area (Å²) in [7, 11) is 0. The van der Waals surface area contributed by atoms with Crippen molar-refractivity contribution in [3.8, 4) is 0 Å². The van der Waals surface area contributed by atoms with Gasteiger partial charge >= 0.3 is 0 Å². The van der Waals surface area contributed by atoms with Crippen molar-refractivity contribution in [1.29, 1.82) is 0 Å². The third-order valence-corrected chi connectivity index (χ3v) is 1.80. The molecule has 0 bridgehead atoms. The van der Waals surface area contributed by atoms with Crippen LogP contribution in [0, 0.1) is 0 Å². The van der Waals surface area contributed by atoms with Crippen LogP contribution in [-0.4, -0.2) is 9.97 Å². The minimum absolute atomic E-state index is 0.423. The van der Waals surface area contributed by atoms with Crippen molar-refractivity contribution in [2.24, 2.45) is 0 Å². The predicted octanol–water partition coefficient (Wildman–Crippen LogP) is 2.98. The second-order valence-electron chi connectivity index (χ2n) is 4.00. The van der Waals surface area contributed by atoms with Crippen molar-refractivity contribution in [3.63, 3.8) is 0 Å². The van der Waals surface area contributed by atoms with Crippen molar-refractivity contribution >= 4 is 11.4 Å². The molecule has 0 aromatic carbocycles. The first kappa shape index (κ1) is 12.2. The van der Waals surface area contributed by atoms with Crippen molar-refractivity contribution < 1.29 is 0 Å². The van der Waals surface area contributed by atoms with Gasteiger partial charge in [0.2, 0.25) is 0 Å². The van der Waals surface area contributed by atoms with E-state index < -0.39 is 0 Å². The van der Waals surface area contributed by atoms with Gasteiger partial charge in [-0.15, -0.1) is 0 Å². The van der Waals surface area contributed by atoms with Gasteiger partial charge < -0.3 is 5.73 Å².